The molecule has 1 atom stereocenters. The predicted molar refractivity (Wildman–Crippen MR) is 101 cm³/mol. The highest BCUT2D eigenvalue weighted by atomic mass is 19.1. The number of benzene rings is 1. The maximum Gasteiger partial charge on any atom is 0.238 e. The highest BCUT2D eigenvalue weighted by Crippen LogP contribution is 2.23. The molecule has 1 saturated heterocycles. The second kappa shape index (κ2) is 7.69. The van der Waals surface area contributed by atoms with E-state index in [0.29, 0.717) is 25.6 Å². The molecule has 3 rings (SSSR count). The number of carbonyl (C=O) groups is 1. The van der Waals surface area contributed by atoms with E-state index in [-0.39, 0.29) is 23.3 Å². The summed E-state index contributed by atoms with van der Waals surface area (Å²) in [6.07, 6.45) is 0. The molecule has 1 amide bonds. The van der Waals surface area contributed by atoms with Gasteiger partial charge in [0.15, 0.2) is 11.8 Å². The first-order chi connectivity index (χ1) is 12.9. The highest BCUT2D eigenvalue weighted by molar-refractivity contribution is 5.98. The molecule has 2 N–H and O–H groups in total. The molecule has 0 aliphatic carbocycles. The third kappa shape index (κ3) is 3.89. The number of hydrogen-bond donors (Lipinski definition) is 2. The number of guanidine groups is 1. The van der Waals surface area contributed by atoms with Gasteiger partial charge < -0.3 is 10.2 Å². The number of amides is 1. The fraction of sp³-hybridized carbons (Fsp3) is 0.368. The Morgan fingerprint density at radius 1 is 1.19 bits per heavy atom. The lowest BCUT2D eigenvalue weighted by Crippen LogP contribution is -2.43. The van der Waals surface area contributed by atoms with Crippen molar-refractivity contribution < 1.29 is 9.18 Å². The first kappa shape index (κ1) is 18.8. The lowest BCUT2D eigenvalue weighted by Gasteiger charge is -2.27. The summed E-state index contributed by atoms with van der Waals surface area (Å²) in [6, 6.07) is 9.44. The fourth-order valence-electron chi connectivity index (χ4n) is 3.10. The first-order valence-corrected chi connectivity index (χ1v) is 8.79. The molecule has 0 bridgehead atoms. The SMILES string of the molecule is Cc1nc(N2CCNC(=N)N(C)C(=O)[C@@H](c3ccccc3)C2)nc(C)c1F. The van der Waals surface area contributed by atoms with Gasteiger partial charge >= 0.3 is 0 Å². The van der Waals surface area contributed by atoms with E-state index in [1.807, 2.05) is 35.2 Å². The predicted octanol–water partition coefficient (Wildman–Crippen LogP) is 1.82. The number of likely N-dealkylation sites (N-methyl/N-ethyl adjacent to an activating group) is 1. The summed E-state index contributed by atoms with van der Waals surface area (Å²) in [7, 11) is 1.59. The van der Waals surface area contributed by atoms with Crippen LogP contribution in [0.5, 0.6) is 0 Å². The van der Waals surface area contributed by atoms with Gasteiger partial charge in [0.1, 0.15) is 0 Å². The summed E-state index contributed by atoms with van der Waals surface area (Å²) >= 11 is 0. The summed E-state index contributed by atoms with van der Waals surface area (Å²) < 4.78 is 13.9. The van der Waals surface area contributed by atoms with Crippen LogP contribution in [0, 0.1) is 25.1 Å². The molecular weight excluding hydrogens is 347 g/mol. The molecule has 0 saturated carbocycles. The number of nitrogens with zero attached hydrogens (tertiary/aromatic N) is 4. The second-order valence-corrected chi connectivity index (χ2v) is 6.59. The molecule has 1 aromatic heterocycles. The Balaban J connectivity index is 2.02. The molecule has 0 unspecified atom stereocenters. The maximum atomic E-state index is 13.9. The van der Waals surface area contributed by atoms with Crippen molar-refractivity contribution >= 4 is 17.8 Å². The average Bonchev–Trinajstić information content (AvgIpc) is 2.72. The van der Waals surface area contributed by atoms with Crippen LogP contribution in [0.4, 0.5) is 10.3 Å². The Morgan fingerprint density at radius 2 is 1.81 bits per heavy atom. The van der Waals surface area contributed by atoms with E-state index in [4.69, 9.17) is 5.41 Å². The molecule has 2 aromatic rings. The molecule has 8 heteroatoms. The van der Waals surface area contributed by atoms with Crippen LogP contribution in [0.3, 0.4) is 0 Å². The van der Waals surface area contributed by atoms with Crippen molar-refractivity contribution in [1.82, 2.24) is 20.2 Å². The van der Waals surface area contributed by atoms with Gasteiger partial charge in [-0.3, -0.25) is 15.1 Å². The van der Waals surface area contributed by atoms with Crippen molar-refractivity contribution in [2.75, 3.05) is 31.6 Å². The van der Waals surface area contributed by atoms with Crippen molar-refractivity contribution in [3.63, 3.8) is 0 Å². The fourth-order valence-corrected chi connectivity index (χ4v) is 3.10. The van der Waals surface area contributed by atoms with Crippen LogP contribution < -0.4 is 10.2 Å². The topological polar surface area (TPSA) is 85.2 Å². The van der Waals surface area contributed by atoms with Crippen molar-refractivity contribution in [3.05, 3.63) is 53.1 Å². The Morgan fingerprint density at radius 3 is 2.44 bits per heavy atom. The Hall–Kier alpha value is -3.03. The van der Waals surface area contributed by atoms with Crippen LogP contribution in [0.1, 0.15) is 22.9 Å². The monoisotopic (exact) mass is 370 g/mol. The molecular formula is C19H23FN6O. The number of halogens is 1. The molecule has 1 aliphatic rings. The zero-order valence-electron chi connectivity index (χ0n) is 15.7. The Bertz CT molecular complexity index is 834. The third-order valence-electron chi connectivity index (χ3n) is 4.70. The van der Waals surface area contributed by atoms with Crippen LogP contribution in [-0.2, 0) is 4.79 Å². The number of rotatable bonds is 2. The van der Waals surface area contributed by atoms with Gasteiger partial charge in [0.2, 0.25) is 11.9 Å². The number of aryl methyl sites for hydroxylation is 2. The number of hydrogen-bond acceptors (Lipinski definition) is 5. The number of aromatic nitrogens is 2. The van der Waals surface area contributed by atoms with E-state index in [0.717, 1.165) is 5.56 Å². The van der Waals surface area contributed by atoms with Crippen LogP contribution in [-0.4, -0.2) is 53.4 Å². The average molecular weight is 370 g/mol. The van der Waals surface area contributed by atoms with Gasteiger partial charge in [-0.2, -0.15) is 0 Å². The Labute approximate surface area is 157 Å². The lowest BCUT2D eigenvalue weighted by molar-refractivity contribution is -0.127. The van der Waals surface area contributed by atoms with Gasteiger partial charge in [0.05, 0.1) is 17.3 Å². The van der Waals surface area contributed by atoms with Gasteiger partial charge in [-0.1, -0.05) is 30.3 Å². The van der Waals surface area contributed by atoms with Gasteiger partial charge in [-0.25, -0.2) is 14.4 Å². The van der Waals surface area contributed by atoms with Crippen molar-refractivity contribution in [2.45, 2.75) is 19.8 Å². The molecule has 142 valence electrons. The van der Waals surface area contributed by atoms with Crippen LogP contribution >= 0.6 is 0 Å². The summed E-state index contributed by atoms with van der Waals surface area (Å²) in [5.41, 5.74) is 1.40. The molecule has 27 heavy (non-hydrogen) atoms. The highest BCUT2D eigenvalue weighted by Gasteiger charge is 2.30. The summed E-state index contributed by atoms with van der Waals surface area (Å²) in [4.78, 5) is 24.8. The first-order valence-electron chi connectivity index (χ1n) is 8.79. The van der Waals surface area contributed by atoms with Crippen LogP contribution in [0.25, 0.3) is 0 Å². The quantitative estimate of drug-likeness (QED) is 0.842. The second-order valence-electron chi connectivity index (χ2n) is 6.59. The van der Waals surface area contributed by atoms with E-state index in [9.17, 15) is 9.18 Å². The summed E-state index contributed by atoms with van der Waals surface area (Å²) in [5.74, 6) is -0.668. The lowest BCUT2D eigenvalue weighted by atomic mass is 9.97. The number of nitrogens with one attached hydrogen (secondary N) is 2. The van der Waals surface area contributed by atoms with E-state index in [1.165, 1.54) is 4.90 Å². The van der Waals surface area contributed by atoms with E-state index >= 15 is 0 Å². The largest absolute Gasteiger partial charge is 0.354 e. The van der Waals surface area contributed by atoms with E-state index < -0.39 is 11.7 Å². The minimum atomic E-state index is -0.495. The minimum Gasteiger partial charge on any atom is -0.354 e. The van der Waals surface area contributed by atoms with Crippen LogP contribution in [0.2, 0.25) is 0 Å². The van der Waals surface area contributed by atoms with Gasteiger partial charge in [-0.05, 0) is 19.4 Å². The molecule has 1 aromatic carbocycles. The molecule has 0 radical (unpaired) electrons. The number of anilines is 1. The van der Waals surface area contributed by atoms with Gasteiger partial charge in [0, 0.05) is 26.7 Å². The van der Waals surface area contributed by atoms with Gasteiger partial charge in [-0.15, -0.1) is 0 Å². The molecule has 7 nitrogen and oxygen atoms in total. The van der Waals surface area contributed by atoms with Crippen molar-refractivity contribution in [3.8, 4) is 0 Å². The molecule has 1 fully saturated rings. The number of carbonyl (C=O) groups excluding carboxylic acids is 1. The van der Waals surface area contributed by atoms with Crippen molar-refractivity contribution in [1.29, 1.82) is 5.41 Å². The Kier molecular flexibility index (Phi) is 5.34. The molecule has 0 spiro atoms. The van der Waals surface area contributed by atoms with Crippen molar-refractivity contribution in [2.24, 2.45) is 0 Å². The smallest absolute Gasteiger partial charge is 0.238 e. The summed E-state index contributed by atoms with van der Waals surface area (Å²) in [5, 5.41) is 11.0. The normalized spacial score (nSPS) is 18.6. The zero-order chi connectivity index (χ0) is 19.6. The van der Waals surface area contributed by atoms with E-state index in [2.05, 4.69) is 15.3 Å². The molecule has 1 aliphatic heterocycles. The van der Waals surface area contributed by atoms with Gasteiger partial charge in [0.25, 0.3) is 0 Å². The van der Waals surface area contributed by atoms with Crippen LogP contribution in [0.15, 0.2) is 30.3 Å². The standard InChI is InChI=1S/C19H23FN6O/c1-12-16(20)13(2)24-19(23-12)26-10-9-22-18(21)25(3)17(27)15(11-26)14-7-5-4-6-8-14/h4-8,15H,9-11H2,1-3H3,(H2,21,22)/t15-/m1/s1. The summed E-state index contributed by atoms with van der Waals surface area (Å²) in [6.45, 7) is 4.47. The molecule has 2 heterocycles. The minimum absolute atomic E-state index is 0.0511. The maximum absolute atomic E-state index is 13.9. The third-order valence-corrected chi connectivity index (χ3v) is 4.70. The zero-order valence-corrected chi connectivity index (χ0v) is 15.7. The van der Waals surface area contributed by atoms with E-state index in [1.54, 1.807) is 20.9 Å².